The topological polar surface area (TPSA) is 65.1 Å². The molecule has 1 saturated carbocycles. The van der Waals surface area contributed by atoms with E-state index in [2.05, 4.69) is 17.2 Å². The van der Waals surface area contributed by atoms with Gasteiger partial charge in [-0.05, 0) is 30.9 Å². The monoisotopic (exact) mass is 286 g/mol. The molecular formula is C17H22N2O2. The molecule has 3 N–H and O–H groups in total. The summed E-state index contributed by atoms with van der Waals surface area (Å²) in [6.07, 6.45) is 4.12. The van der Waals surface area contributed by atoms with Gasteiger partial charge in [0.05, 0.1) is 12.1 Å². The molecule has 2 aromatic rings. The molecule has 0 radical (unpaired) electrons. The third-order valence-electron chi connectivity index (χ3n) is 4.44. The molecule has 0 bridgehead atoms. The molecular weight excluding hydrogens is 264 g/mol. The number of carbonyl (C=O) groups excluding carboxylic acids is 1. The van der Waals surface area contributed by atoms with Gasteiger partial charge in [-0.2, -0.15) is 0 Å². The maximum absolute atomic E-state index is 12.6. The van der Waals surface area contributed by atoms with E-state index in [1.54, 1.807) is 0 Å². The fourth-order valence-electron chi connectivity index (χ4n) is 3.28. The van der Waals surface area contributed by atoms with Crippen LogP contribution in [0.4, 0.5) is 0 Å². The second kappa shape index (κ2) is 5.90. The maximum atomic E-state index is 12.6. The van der Waals surface area contributed by atoms with E-state index < -0.39 is 6.10 Å². The number of benzene rings is 1. The van der Waals surface area contributed by atoms with Crippen LogP contribution in [-0.4, -0.2) is 28.1 Å². The first-order valence-corrected chi connectivity index (χ1v) is 7.79. The third-order valence-corrected chi connectivity index (χ3v) is 4.44. The number of aliphatic hydroxyl groups excluding tert-OH is 1. The number of aryl methyl sites for hydroxylation is 1. The lowest BCUT2D eigenvalue weighted by Crippen LogP contribution is -2.45. The first-order valence-electron chi connectivity index (χ1n) is 7.79. The molecule has 0 unspecified atom stereocenters. The van der Waals surface area contributed by atoms with E-state index in [1.165, 1.54) is 0 Å². The highest BCUT2D eigenvalue weighted by Crippen LogP contribution is 2.24. The van der Waals surface area contributed by atoms with Gasteiger partial charge in [-0.25, -0.2) is 0 Å². The molecule has 4 heteroatoms. The summed E-state index contributed by atoms with van der Waals surface area (Å²) in [6.45, 7) is 2.06. The van der Waals surface area contributed by atoms with Crippen LogP contribution in [0.15, 0.2) is 24.3 Å². The van der Waals surface area contributed by atoms with Crippen molar-refractivity contribution < 1.29 is 9.90 Å². The van der Waals surface area contributed by atoms with Crippen molar-refractivity contribution in [3.8, 4) is 0 Å². The van der Waals surface area contributed by atoms with E-state index in [-0.39, 0.29) is 11.9 Å². The van der Waals surface area contributed by atoms with Crippen LogP contribution in [0, 0.1) is 0 Å². The molecule has 0 spiro atoms. The van der Waals surface area contributed by atoms with Crippen LogP contribution in [0.3, 0.4) is 0 Å². The van der Waals surface area contributed by atoms with E-state index in [1.807, 2.05) is 24.3 Å². The van der Waals surface area contributed by atoms with Crippen LogP contribution in [0.1, 0.15) is 48.7 Å². The number of aliphatic hydroxyl groups is 1. The summed E-state index contributed by atoms with van der Waals surface area (Å²) in [7, 11) is 0. The van der Waals surface area contributed by atoms with Gasteiger partial charge in [0, 0.05) is 10.9 Å². The molecule has 1 aliphatic carbocycles. The fourth-order valence-corrected chi connectivity index (χ4v) is 3.28. The van der Waals surface area contributed by atoms with Crippen LogP contribution < -0.4 is 5.32 Å². The summed E-state index contributed by atoms with van der Waals surface area (Å²) < 4.78 is 0. The first kappa shape index (κ1) is 14.1. The summed E-state index contributed by atoms with van der Waals surface area (Å²) >= 11 is 0. The number of aromatic amines is 1. The van der Waals surface area contributed by atoms with Crippen LogP contribution in [0.25, 0.3) is 10.9 Å². The minimum absolute atomic E-state index is 0.103. The highest BCUT2D eigenvalue weighted by atomic mass is 16.3. The molecule has 1 aromatic carbocycles. The summed E-state index contributed by atoms with van der Waals surface area (Å²) in [5.74, 6) is -0.103. The van der Waals surface area contributed by atoms with Crippen LogP contribution >= 0.6 is 0 Å². The quantitative estimate of drug-likeness (QED) is 0.812. The number of H-pyrrole nitrogens is 1. The Kier molecular flexibility index (Phi) is 3.97. The Hall–Kier alpha value is -1.81. The fraction of sp³-hybridized carbons (Fsp3) is 0.471. The van der Waals surface area contributed by atoms with Gasteiger partial charge < -0.3 is 15.4 Å². The van der Waals surface area contributed by atoms with Crippen molar-refractivity contribution in [1.29, 1.82) is 0 Å². The molecule has 0 saturated heterocycles. The molecule has 2 atom stereocenters. The van der Waals surface area contributed by atoms with Gasteiger partial charge in [-0.15, -0.1) is 0 Å². The summed E-state index contributed by atoms with van der Waals surface area (Å²) in [5, 5.41) is 14.1. The molecule has 112 valence electrons. The molecule has 1 fully saturated rings. The van der Waals surface area contributed by atoms with Gasteiger partial charge in [-0.1, -0.05) is 38.0 Å². The average Bonchev–Trinajstić information content (AvgIpc) is 2.88. The number of hydrogen-bond acceptors (Lipinski definition) is 2. The number of para-hydroxylation sites is 1. The van der Waals surface area contributed by atoms with E-state index >= 15 is 0 Å². The number of aromatic nitrogens is 1. The standard InChI is InChI=1S/C17H22N2O2/c1-2-11-12-7-3-4-8-13(12)18-16(11)17(21)19-14-9-5-6-10-15(14)20/h3-4,7-8,14-15,18,20H,2,5-6,9-10H2,1H3,(H,19,21)/t14-,15-/m1/s1. The lowest BCUT2D eigenvalue weighted by molar-refractivity contribution is 0.0713. The number of fused-ring (bicyclic) bond motifs is 1. The maximum Gasteiger partial charge on any atom is 0.268 e. The third kappa shape index (κ3) is 2.68. The number of rotatable bonds is 3. The number of carbonyl (C=O) groups is 1. The Morgan fingerprint density at radius 2 is 2.10 bits per heavy atom. The molecule has 21 heavy (non-hydrogen) atoms. The Morgan fingerprint density at radius 1 is 1.33 bits per heavy atom. The van der Waals surface area contributed by atoms with Crippen LogP contribution in [0.5, 0.6) is 0 Å². The van der Waals surface area contributed by atoms with Gasteiger partial charge in [0.15, 0.2) is 0 Å². The lowest BCUT2D eigenvalue weighted by Gasteiger charge is -2.28. The Bertz CT molecular complexity index is 647. The molecule has 1 aromatic heterocycles. The highest BCUT2D eigenvalue weighted by molar-refractivity contribution is 6.01. The lowest BCUT2D eigenvalue weighted by atomic mass is 9.92. The average molecular weight is 286 g/mol. The first-order chi connectivity index (χ1) is 10.2. The molecule has 1 amide bonds. The van der Waals surface area contributed by atoms with Gasteiger partial charge in [0.2, 0.25) is 0 Å². The largest absolute Gasteiger partial charge is 0.391 e. The Morgan fingerprint density at radius 3 is 2.86 bits per heavy atom. The summed E-state index contributed by atoms with van der Waals surface area (Å²) in [5.41, 5.74) is 2.67. The number of nitrogens with one attached hydrogen (secondary N) is 2. The zero-order valence-electron chi connectivity index (χ0n) is 12.4. The Labute approximate surface area is 124 Å². The second-order valence-corrected chi connectivity index (χ2v) is 5.81. The zero-order valence-corrected chi connectivity index (χ0v) is 12.4. The van der Waals surface area contributed by atoms with Crippen molar-refractivity contribution in [1.82, 2.24) is 10.3 Å². The predicted octanol–water partition coefficient (Wildman–Crippen LogP) is 2.76. The van der Waals surface area contributed by atoms with Gasteiger partial charge in [-0.3, -0.25) is 4.79 Å². The van der Waals surface area contributed by atoms with Crippen molar-refractivity contribution in [2.24, 2.45) is 0 Å². The van der Waals surface area contributed by atoms with E-state index in [0.29, 0.717) is 5.69 Å². The summed E-state index contributed by atoms with van der Waals surface area (Å²) in [4.78, 5) is 15.8. The minimum Gasteiger partial charge on any atom is -0.391 e. The number of hydrogen-bond donors (Lipinski definition) is 3. The van der Waals surface area contributed by atoms with Crippen molar-refractivity contribution in [2.45, 2.75) is 51.2 Å². The molecule has 4 nitrogen and oxygen atoms in total. The molecule has 3 rings (SSSR count). The van der Waals surface area contributed by atoms with Crippen molar-refractivity contribution in [3.05, 3.63) is 35.5 Å². The normalized spacial score (nSPS) is 22.4. The van der Waals surface area contributed by atoms with E-state index in [0.717, 1.165) is 48.6 Å². The Balaban J connectivity index is 1.87. The van der Waals surface area contributed by atoms with Crippen molar-refractivity contribution in [3.63, 3.8) is 0 Å². The zero-order chi connectivity index (χ0) is 14.8. The summed E-state index contributed by atoms with van der Waals surface area (Å²) in [6, 6.07) is 7.85. The van der Waals surface area contributed by atoms with Gasteiger partial charge in [0.25, 0.3) is 5.91 Å². The van der Waals surface area contributed by atoms with Crippen LogP contribution in [0.2, 0.25) is 0 Å². The highest BCUT2D eigenvalue weighted by Gasteiger charge is 2.26. The smallest absolute Gasteiger partial charge is 0.268 e. The molecule has 1 aliphatic rings. The van der Waals surface area contributed by atoms with Crippen LogP contribution in [-0.2, 0) is 6.42 Å². The van der Waals surface area contributed by atoms with Crippen molar-refractivity contribution >= 4 is 16.8 Å². The molecule has 1 heterocycles. The van der Waals surface area contributed by atoms with E-state index in [4.69, 9.17) is 0 Å². The SMILES string of the molecule is CCc1c(C(=O)N[C@@H]2CCCC[C@H]2O)[nH]c2ccccc12. The molecule has 0 aliphatic heterocycles. The predicted molar refractivity (Wildman–Crippen MR) is 83.4 cm³/mol. The van der Waals surface area contributed by atoms with E-state index in [9.17, 15) is 9.90 Å². The number of amides is 1. The van der Waals surface area contributed by atoms with Gasteiger partial charge in [0.1, 0.15) is 5.69 Å². The van der Waals surface area contributed by atoms with Gasteiger partial charge >= 0.3 is 0 Å². The minimum atomic E-state index is -0.419. The van der Waals surface area contributed by atoms with Crippen molar-refractivity contribution in [2.75, 3.05) is 0 Å². The second-order valence-electron chi connectivity index (χ2n) is 5.81.